The second-order valence-corrected chi connectivity index (χ2v) is 3.91. The van der Waals surface area contributed by atoms with Gasteiger partial charge in [0.15, 0.2) is 17.5 Å². The molecule has 1 aromatic heterocycles. The molecule has 2 N–H and O–H groups in total. The fourth-order valence-corrected chi connectivity index (χ4v) is 1.51. The summed E-state index contributed by atoms with van der Waals surface area (Å²) >= 11 is 3.00. The standard InChI is InChI=1S/C10H6BrF2N3O/c11-7-9(14-4-15-10(7)17)16-6-3-1-2-5(12)8(6)13/h1-4H,(H2,14,15,16,17). The Morgan fingerprint density at radius 1 is 1.35 bits per heavy atom. The summed E-state index contributed by atoms with van der Waals surface area (Å²) in [6, 6.07) is 3.69. The van der Waals surface area contributed by atoms with Crippen LogP contribution in [-0.2, 0) is 0 Å². The number of halogens is 3. The van der Waals surface area contributed by atoms with Gasteiger partial charge in [-0.15, -0.1) is 0 Å². The van der Waals surface area contributed by atoms with Crippen molar-refractivity contribution in [2.75, 3.05) is 5.32 Å². The number of H-pyrrole nitrogens is 1. The van der Waals surface area contributed by atoms with Crippen LogP contribution in [0.4, 0.5) is 20.3 Å². The molecule has 0 aliphatic rings. The van der Waals surface area contributed by atoms with Crippen LogP contribution < -0.4 is 10.9 Å². The minimum atomic E-state index is -1.03. The predicted octanol–water partition coefficient (Wildman–Crippen LogP) is 2.55. The van der Waals surface area contributed by atoms with Gasteiger partial charge in [0, 0.05) is 0 Å². The molecule has 17 heavy (non-hydrogen) atoms. The van der Waals surface area contributed by atoms with Crippen molar-refractivity contribution in [2.45, 2.75) is 0 Å². The van der Waals surface area contributed by atoms with Gasteiger partial charge in [-0.05, 0) is 28.1 Å². The summed E-state index contributed by atoms with van der Waals surface area (Å²) in [6.45, 7) is 0. The number of aromatic amines is 1. The largest absolute Gasteiger partial charge is 0.337 e. The smallest absolute Gasteiger partial charge is 0.267 e. The number of nitrogens with one attached hydrogen (secondary N) is 2. The lowest BCUT2D eigenvalue weighted by Gasteiger charge is -2.07. The molecule has 0 saturated heterocycles. The first-order valence-electron chi connectivity index (χ1n) is 4.54. The highest BCUT2D eigenvalue weighted by molar-refractivity contribution is 9.10. The van der Waals surface area contributed by atoms with Crippen molar-refractivity contribution in [1.29, 1.82) is 0 Å². The van der Waals surface area contributed by atoms with E-state index in [1.807, 2.05) is 0 Å². The van der Waals surface area contributed by atoms with Gasteiger partial charge in [0.2, 0.25) is 0 Å². The van der Waals surface area contributed by atoms with Crippen LogP contribution >= 0.6 is 15.9 Å². The lowest BCUT2D eigenvalue weighted by atomic mass is 10.3. The van der Waals surface area contributed by atoms with Gasteiger partial charge in [0.05, 0.1) is 12.0 Å². The molecule has 0 spiro atoms. The quantitative estimate of drug-likeness (QED) is 0.896. The van der Waals surface area contributed by atoms with Crippen LogP contribution in [0.25, 0.3) is 0 Å². The van der Waals surface area contributed by atoms with Crippen molar-refractivity contribution < 1.29 is 8.78 Å². The van der Waals surface area contributed by atoms with E-state index in [0.717, 1.165) is 12.4 Å². The lowest BCUT2D eigenvalue weighted by molar-refractivity contribution is 0.511. The molecular formula is C10H6BrF2N3O. The van der Waals surface area contributed by atoms with Crippen molar-refractivity contribution in [3.63, 3.8) is 0 Å². The summed E-state index contributed by atoms with van der Waals surface area (Å²) in [5.41, 5.74) is -0.511. The van der Waals surface area contributed by atoms with Crippen LogP contribution in [0.15, 0.2) is 33.8 Å². The molecule has 2 rings (SSSR count). The zero-order valence-corrected chi connectivity index (χ0v) is 9.88. The normalized spacial score (nSPS) is 10.3. The molecule has 0 aliphatic heterocycles. The first-order chi connectivity index (χ1) is 8.09. The van der Waals surface area contributed by atoms with Gasteiger partial charge in [-0.1, -0.05) is 6.07 Å². The van der Waals surface area contributed by atoms with Crippen LogP contribution in [0, 0.1) is 11.6 Å². The van der Waals surface area contributed by atoms with Gasteiger partial charge >= 0.3 is 0 Å². The van der Waals surface area contributed by atoms with Crippen LogP contribution in [0.1, 0.15) is 0 Å². The van der Waals surface area contributed by atoms with E-state index in [0.29, 0.717) is 0 Å². The number of nitrogens with zero attached hydrogens (tertiary/aromatic N) is 1. The van der Waals surface area contributed by atoms with E-state index in [-0.39, 0.29) is 16.0 Å². The van der Waals surface area contributed by atoms with Gasteiger partial charge in [-0.25, -0.2) is 13.8 Å². The Bertz CT molecular complexity index is 615. The Labute approximate surface area is 103 Å². The number of hydrogen-bond donors (Lipinski definition) is 2. The van der Waals surface area contributed by atoms with E-state index in [2.05, 4.69) is 31.2 Å². The number of rotatable bonds is 2. The molecule has 0 saturated carbocycles. The summed E-state index contributed by atoms with van der Waals surface area (Å²) in [5.74, 6) is -1.89. The van der Waals surface area contributed by atoms with Gasteiger partial charge in [-0.2, -0.15) is 0 Å². The van der Waals surface area contributed by atoms with E-state index < -0.39 is 17.2 Å². The first-order valence-corrected chi connectivity index (χ1v) is 5.33. The Morgan fingerprint density at radius 2 is 2.12 bits per heavy atom. The number of anilines is 2. The molecule has 2 aromatic rings. The second kappa shape index (κ2) is 4.62. The number of hydrogen-bond acceptors (Lipinski definition) is 3. The minimum Gasteiger partial charge on any atom is -0.337 e. The lowest BCUT2D eigenvalue weighted by Crippen LogP contribution is -2.10. The first kappa shape index (κ1) is 11.7. The fraction of sp³-hybridized carbons (Fsp3) is 0. The van der Waals surface area contributed by atoms with Gasteiger partial charge in [0.1, 0.15) is 4.47 Å². The van der Waals surface area contributed by atoms with E-state index in [1.54, 1.807) is 0 Å². The Kier molecular flexibility index (Phi) is 3.19. The molecule has 4 nitrogen and oxygen atoms in total. The fourth-order valence-electron chi connectivity index (χ4n) is 1.20. The predicted molar refractivity (Wildman–Crippen MR) is 62.2 cm³/mol. The molecule has 0 bridgehead atoms. The summed E-state index contributed by atoms with van der Waals surface area (Å²) in [6.07, 6.45) is 1.16. The zero-order chi connectivity index (χ0) is 12.4. The molecule has 1 aromatic carbocycles. The van der Waals surface area contributed by atoms with Gasteiger partial charge in [0.25, 0.3) is 5.56 Å². The maximum Gasteiger partial charge on any atom is 0.267 e. The van der Waals surface area contributed by atoms with Crippen LogP contribution in [0.5, 0.6) is 0 Å². The van der Waals surface area contributed by atoms with E-state index in [4.69, 9.17) is 0 Å². The number of aromatic nitrogens is 2. The Morgan fingerprint density at radius 3 is 2.88 bits per heavy atom. The average Bonchev–Trinajstić information content (AvgIpc) is 2.31. The highest BCUT2D eigenvalue weighted by Gasteiger charge is 2.11. The summed E-state index contributed by atoms with van der Waals surface area (Å²) in [5, 5.41) is 2.53. The molecule has 0 fully saturated rings. The third-order valence-electron chi connectivity index (χ3n) is 2.00. The van der Waals surface area contributed by atoms with Crippen molar-refractivity contribution in [3.05, 3.63) is 51.0 Å². The van der Waals surface area contributed by atoms with E-state index >= 15 is 0 Å². The second-order valence-electron chi connectivity index (χ2n) is 3.12. The summed E-state index contributed by atoms with van der Waals surface area (Å²) in [7, 11) is 0. The molecule has 88 valence electrons. The Hall–Kier alpha value is -1.76. The molecule has 1 heterocycles. The van der Waals surface area contributed by atoms with Crippen molar-refractivity contribution in [3.8, 4) is 0 Å². The highest BCUT2D eigenvalue weighted by Crippen LogP contribution is 2.23. The van der Waals surface area contributed by atoms with E-state index in [1.165, 1.54) is 12.1 Å². The third kappa shape index (κ3) is 2.33. The van der Waals surface area contributed by atoms with Crippen molar-refractivity contribution in [2.24, 2.45) is 0 Å². The molecular weight excluding hydrogens is 296 g/mol. The Balaban J connectivity index is 2.42. The average molecular weight is 302 g/mol. The molecule has 0 atom stereocenters. The van der Waals surface area contributed by atoms with Crippen LogP contribution in [0.3, 0.4) is 0 Å². The van der Waals surface area contributed by atoms with Crippen LogP contribution in [-0.4, -0.2) is 9.97 Å². The molecule has 0 amide bonds. The maximum atomic E-state index is 13.4. The maximum absolute atomic E-state index is 13.4. The molecule has 0 aliphatic carbocycles. The third-order valence-corrected chi connectivity index (χ3v) is 2.74. The monoisotopic (exact) mass is 301 g/mol. The SMILES string of the molecule is O=c1[nH]cnc(Nc2cccc(F)c2F)c1Br. The topological polar surface area (TPSA) is 57.8 Å². The number of benzene rings is 1. The summed E-state index contributed by atoms with van der Waals surface area (Å²) in [4.78, 5) is 17.4. The molecule has 0 radical (unpaired) electrons. The van der Waals surface area contributed by atoms with Gasteiger partial charge in [-0.3, -0.25) is 4.79 Å². The van der Waals surface area contributed by atoms with E-state index in [9.17, 15) is 13.6 Å². The van der Waals surface area contributed by atoms with Crippen molar-refractivity contribution >= 4 is 27.4 Å². The zero-order valence-electron chi connectivity index (χ0n) is 8.30. The molecule has 0 unspecified atom stereocenters. The summed E-state index contributed by atoms with van der Waals surface area (Å²) < 4.78 is 26.4. The van der Waals surface area contributed by atoms with Crippen molar-refractivity contribution in [1.82, 2.24) is 9.97 Å². The van der Waals surface area contributed by atoms with Crippen LogP contribution in [0.2, 0.25) is 0 Å². The highest BCUT2D eigenvalue weighted by atomic mass is 79.9. The van der Waals surface area contributed by atoms with Gasteiger partial charge < -0.3 is 10.3 Å². The molecule has 7 heteroatoms. The minimum absolute atomic E-state index is 0.0937.